The maximum atomic E-state index is 12.6. The van der Waals surface area contributed by atoms with E-state index in [2.05, 4.69) is 10.6 Å². The first-order chi connectivity index (χ1) is 10.5. The van der Waals surface area contributed by atoms with Gasteiger partial charge in [-0.3, -0.25) is 14.5 Å². The Labute approximate surface area is 132 Å². The molecule has 22 heavy (non-hydrogen) atoms. The Kier molecular flexibility index (Phi) is 5.55. The van der Waals surface area contributed by atoms with Crippen LogP contribution in [-0.2, 0) is 9.59 Å². The van der Waals surface area contributed by atoms with E-state index in [1.807, 2.05) is 51.2 Å². The molecule has 0 radical (unpaired) electrons. The normalized spacial score (nSPS) is 15.7. The predicted octanol–water partition coefficient (Wildman–Crippen LogP) is 1.46. The number of carbonyl (C=O) groups excluding carboxylic acids is 2. The van der Waals surface area contributed by atoms with Gasteiger partial charge in [0.05, 0.1) is 6.54 Å². The molecule has 1 aromatic rings. The standard InChI is InChI=1S/C17H25N3O2/c1-12(2)18-15(21)11-20(3)16(13-7-5-4-6-8-13)17(22)19-14-9-10-14/h4-8,12,14,16H,9-11H2,1-3H3,(H,18,21)(H,19,22)/t16-/m0/s1. The van der Waals surface area contributed by atoms with Gasteiger partial charge in [0.1, 0.15) is 6.04 Å². The highest BCUT2D eigenvalue weighted by Crippen LogP contribution is 2.24. The van der Waals surface area contributed by atoms with Gasteiger partial charge in [0.2, 0.25) is 11.8 Å². The molecule has 1 aliphatic carbocycles. The third kappa shape index (κ3) is 4.84. The van der Waals surface area contributed by atoms with Crippen molar-refractivity contribution in [3.05, 3.63) is 35.9 Å². The summed E-state index contributed by atoms with van der Waals surface area (Å²) in [7, 11) is 1.81. The number of hydrogen-bond donors (Lipinski definition) is 2. The van der Waals surface area contributed by atoms with E-state index in [0.29, 0.717) is 6.04 Å². The molecule has 0 aromatic heterocycles. The average molecular weight is 303 g/mol. The lowest BCUT2D eigenvalue weighted by atomic mass is 10.0. The van der Waals surface area contributed by atoms with Crippen molar-refractivity contribution in [2.75, 3.05) is 13.6 Å². The van der Waals surface area contributed by atoms with Crippen LogP contribution in [0.15, 0.2) is 30.3 Å². The van der Waals surface area contributed by atoms with Crippen molar-refractivity contribution >= 4 is 11.8 Å². The molecule has 0 aliphatic heterocycles. The first kappa shape index (κ1) is 16.5. The summed E-state index contributed by atoms with van der Waals surface area (Å²) in [4.78, 5) is 26.3. The zero-order valence-corrected chi connectivity index (χ0v) is 13.5. The van der Waals surface area contributed by atoms with Crippen LogP contribution in [0.2, 0.25) is 0 Å². The van der Waals surface area contributed by atoms with Gasteiger partial charge >= 0.3 is 0 Å². The molecule has 5 heteroatoms. The van der Waals surface area contributed by atoms with E-state index in [4.69, 9.17) is 0 Å². The SMILES string of the molecule is CC(C)NC(=O)CN(C)[C@H](C(=O)NC1CC1)c1ccccc1. The molecule has 1 fully saturated rings. The number of hydrogen-bond acceptors (Lipinski definition) is 3. The summed E-state index contributed by atoms with van der Waals surface area (Å²) in [5.74, 6) is -0.105. The Morgan fingerprint density at radius 3 is 2.41 bits per heavy atom. The van der Waals surface area contributed by atoms with Crippen LogP contribution >= 0.6 is 0 Å². The zero-order valence-electron chi connectivity index (χ0n) is 13.5. The molecule has 2 rings (SSSR count). The second-order valence-electron chi connectivity index (χ2n) is 6.23. The molecular formula is C17H25N3O2. The predicted molar refractivity (Wildman–Crippen MR) is 86.3 cm³/mol. The van der Waals surface area contributed by atoms with Gasteiger partial charge < -0.3 is 10.6 Å². The van der Waals surface area contributed by atoms with Crippen LogP contribution in [-0.4, -0.2) is 42.4 Å². The van der Waals surface area contributed by atoms with E-state index in [9.17, 15) is 9.59 Å². The molecule has 0 spiro atoms. The molecule has 0 unspecified atom stereocenters. The monoisotopic (exact) mass is 303 g/mol. The number of carbonyl (C=O) groups is 2. The van der Waals surface area contributed by atoms with Crippen molar-refractivity contribution in [2.45, 2.75) is 44.8 Å². The molecule has 1 saturated carbocycles. The quantitative estimate of drug-likeness (QED) is 0.802. The summed E-state index contributed by atoms with van der Waals surface area (Å²) in [6.07, 6.45) is 2.09. The minimum absolute atomic E-state index is 0.0338. The summed E-state index contributed by atoms with van der Waals surface area (Å²) >= 11 is 0. The lowest BCUT2D eigenvalue weighted by Crippen LogP contribution is -2.45. The Morgan fingerprint density at radius 1 is 1.23 bits per heavy atom. The van der Waals surface area contributed by atoms with Crippen molar-refractivity contribution in [1.29, 1.82) is 0 Å². The number of amides is 2. The lowest BCUT2D eigenvalue weighted by molar-refractivity contribution is -0.128. The summed E-state index contributed by atoms with van der Waals surface area (Å²) in [5, 5.41) is 5.89. The fourth-order valence-corrected chi connectivity index (χ4v) is 2.43. The summed E-state index contributed by atoms with van der Waals surface area (Å²) < 4.78 is 0. The molecule has 2 amide bonds. The molecule has 0 heterocycles. The third-order valence-corrected chi connectivity index (χ3v) is 3.57. The second kappa shape index (κ2) is 7.40. The van der Waals surface area contributed by atoms with Gasteiger partial charge in [0, 0.05) is 12.1 Å². The van der Waals surface area contributed by atoms with E-state index < -0.39 is 6.04 Å². The number of benzene rings is 1. The van der Waals surface area contributed by atoms with Gasteiger partial charge in [0.25, 0.3) is 0 Å². The smallest absolute Gasteiger partial charge is 0.242 e. The van der Waals surface area contributed by atoms with Crippen LogP contribution in [0.1, 0.15) is 38.3 Å². The minimum atomic E-state index is -0.445. The molecule has 0 saturated heterocycles. The van der Waals surface area contributed by atoms with Crippen LogP contribution in [0, 0.1) is 0 Å². The van der Waals surface area contributed by atoms with Crippen molar-refractivity contribution in [3.8, 4) is 0 Å². The highest BCUT2D eigenvalue weighted by atomic mass is 16.2. The largest absolute Gasteiger partial charge is 0.353 e. The Balaban J connectivity index is 2.08. The Bertz CT molecular complexity index is 512. The van der Waals surface area contributed by atoms with E-state index in [-0.39, 0.29) is 24.4 Å². The number of likely N-dealkylation sites (N-methyl/N-ethyl adjacent to an activating group) is 1. The van der Waals surface area contributed by atoms with Crippen LogP contribution in [0.4, 0.5) is 0 Å². The van der Waals surface area contributed by atoms with Crippen LogP contribution in [0.3, 0.4) is 0 Å². The topological polar surface area (TPSA) is 61.4 Å². The summed E-state index contributed by atoms with van der Waals surface area (Å²) in [6, 6.07) is 9.55. The van der Waals surface area contributed by atoms with Gasteiger partial charge in [0.15, 0.2) is 0 Å². The second-order valence-corrected chi connectivity index (χ2v) is 6.23. The zero-order chi connectivity index (χ0) is 16.1. The van der Waals surface area contributed by atoms with Crippen molar-refractivity contribution in [2.24, 2.45) is 0 Å². The molecule has 5 nitrogen and oxygen atoms in total. The number of nitrogens with one attached hydrogen (secondary N) is 2. The molecule has 1 atom stereocenters. The molecule has 2 N–H and O–H groups in total. The average Bonchev–Trinajstić information content (AvgIpc) is 3.22. The molecule has 0 bridgehead atoms. The fraction of sp³-hybridized carbons (Fsp3) is 0.529. The maximum absolute atomic E-state index is 12.6. The summed E-state index contributed by atoms with van der Waals surface area (Å²) in [6.45, 7) is 4.04. The first-order valence-corrected chi connectivity index (χ1v) is 7.82. The number of rotatable bonds is 7. The molecule has 1 aromatic carbocycles. The lowest BCUT2D eigenvalue weighted by Gasteiger charge is -2.27. The minimum Gasteiger partial charge on any atom is -0.353 e. The Morgan fingerprint density at radius 2 is 1.86 bits per heavy atom. The van der Waals surface area contributed by atoms with Gasteiger partial charge in [-0.15, -0.1) is 0 Å². The van der Waals surface area contributed by atoms with Gasteiger partial charge in [-0.05, 0) is 39.3 Å². The van der Waals surface area contributed by atoms with Crippen LogP contribution in [0.25, 0.3) is 0 Å². The van der Waals surface area contributed by atoms with Crippen molar-refractivity contribution in [1.82, 2.24) is 15.5 Å². The number of nitrogens with zero attached hydrogens (tertiary/aromatic N) is 1. The van der Waals surface area contributed by atoms with Gasteiger partial charge in [-0.2, -0.15) is 0 Å². The maximum Gasteiger partial charge on any atom is 0.242 e. The fourth-order valence-electron chi connectivity index (χ4n) is 2.43. The van der Waals surface area contributed by atoms with Crippen LogP contribution in [0.5, 0.6) is 0 Å². The highest BCUT2D eigenvalue weighted by Gasteiger charge is 2.31. The van der Waals surface area contributed by atoms with E-state index in [0.717, 1.165) is 18.4 Å². The highest BCUT2D eigenvalue weighted by molar-refractivity contribution is 5.85. The van der Waals surface area contributed by atoms with Gasteiger partial charge in [-0.25, -0.2) is 0 Å². The molecule has 1 aliphatic rings. The van der Waals surface area contributed by atoms with E-state index in [1.54, 1.807) is 4.90 Å². The van der Waals surface area contributed by atoms with E-state index >= 15 is 0 Å². The third-order valence-electron chi connectivity index (χ3n) is 3.57. The Hall–Kier alpha value is -1.88. The van der Waals surface area contributed by atoms with Gasteiger partial charge in [-0.1, -0.05) is 30.3 Å². The van der Waals surface area contributed by atoms with E-state index in [1.165, 1.54) is 0 Å². The molecular weight excluding hydrogens is 278 g/mol. The van der Waals surface area contributed by atoms with Crippen LogP contribution < -0.4 is 10.6 Å². The van der Waals surface area contributed by atoms with Crippen molar-refractivity contribution in [3.63, 3.8) is 0 Å². The molecule has 120 valence electrons. The van der Waals surface area contributed by atoms with Crippen molar-refractivity contribution < 1.29 is 9.59 Å². The summed E-state index contributed by atoms with van der Waals surface area (Å²) in [5.41, 5.74) is 0.903. The first-order valence-electron chi connectivity index (χ1n) is 7.82.